The number of hydrogen-bond acceptors (Lipinski definition) is 2. The zero-order chi connectivity index (χ0) is 11.1. The van der Waals surface area contributed by atoms with Gasteiger partial charge in [0, 0.05) is 12.7 Å². The van der Waals surface area contributed by atoms with Crippen molar-refractivity contribution >= 4 is 5.69 Å². The average molecular weight is 208 g/mol. The first-order chi connectivity index (χ1) is 7.25. The summed E-state index contributed by atoms with van der Waals surface area (Å²) in [7, 11) is 0. The number of aromatic nitrogens is 1. The molecule has 1 aromatic rings. The van der Waals surface area contributed by atoms with E-state index in [-0.39, 0.29) is 5.56 Å². The van der Waals surface area contributed by atoms with Crippen molar-refractivity contribution < 1.29 is 0 Å². The Morgan fingerprint density at radius 1 is 1.27 bits per heavy atom. The minimum absolute atomic E-state index is 0.0620. The molecule has 0 unspecified atom stereocenters. The number of pyridine rings is 1. The van der Waals surface area contributed by atoms with Crippen LogP contribution in [-0.4, -0.2) is 4.57 Å². The summed E-state index contributed by atoms with van der Waals surface area (Å²) in [4.78, 5) is 11.5. The van der Waals surface area contributed by atoms with Gasteiger partial charge in [-0.3, -0.25) is 4.79 Å². The van der Waals surface area contributed by atoms with Gasteiger partial charge in [0.05, 0.1) is 5.69 Å². The van der Waals surface area contributed by atoms with Crippen molar-refractivity contribution in [2.24, 2.45) is 0 Å². The molecule has 0 saturated carbocycles. The summed E-state index contributed by atoms with van der Waals surface area (Å²) in [5.41, 5.74) is 5.82. The molecule has 0 saturated heterocycles. The van der Waals surface area contributed by atoms with Gasteiger partial charge in [0.2, 0.25) is 0 Å². The molecule has 1 rings (SSSR count). The van der Waals surface area contributed by atoms with Gasteiger partial charge in [-0.1, -0.05) is 32.6 Å². The average Bonchev–Trinajstić information content (AvgIpc) is 2.24. The van der Waals surface area contributed by atoms with Crippen LogP contribution in [0.4, 0.5) is 5.69 Å². The molecule has 3 nitrogen and oxygen atoms in total. The van der Waals surface area contributed by atoms with E-state index in [4.69, 9.17) is 5.73 Å². The third-order valence-electron chi connectivity index (χ3n) is 2.55. The van der Waals surface area contributed by atoms with Gasteiger partial charge in [-0.05, 0) is 18.6 Å². The quantitative estimate of drug-likeness (QED) is 0.730. The first kappa shape index (κ1) is 11.8. The zero-order valence-corrected chi connectivity index (χ0v) is 9.41. The minimum Gasteiger partial charge on any atom is -0.394 e. The van der Waals surface area contributed by atoms with Gasteiger partial charge < -0.3 is 10.3 Å². The Morgan fingerprint density at radius 2 is 2.00 bits per heavy atom. The number of rotatable bonds is 6. The molecule has 0 aromatic carbocycles. The molecular formula is C12H20N2O. The number of nitrogen functional groups attached to an aromatic ring is 1. The summed E-state index contributed by atoms with van der Waals surface area (Å²) in [5, 5.41) is 0. The Morgan fingerprint density at radius 3 is 2.73 bits per heavy atom. The van der Waals surface area contributed by atoms with Crippen molar-refractivity contribution in [1.82, 2.24) is 4.57 Å². The Kier molecular flexibility index (Phi) is 4.95. The van der Waals surface area contributed by atoms with Crippen molar-refractivity contribution in [2.75, 3.05) is 5.73 Å². The maximum Gasteiger partial charge on any atom is 0.273 e. The van der Waals surface area contributed by atoms with Crippen LogP contribution in [0.2, 0.25) is 0 Å². The molecule has 0 amide bonds. The number of nitrogens with zero attached hydrogens (tertiary/aromatic N) is 1. The van der Waals surface area contributed by atoms with Gasteiger partial charge in [-0.15, -0.1) is 0 Å². The van der Waals surface area contributed by atoms with Crippen molar-refractivity contribution in [1.29, 1.82) is 0 Å². The molecule has 0 aliphatic carbocycles. The van der Waals surface area contributed by atoms with Crippen LogP contribution in [0.1, 0.15) is 39.0 Å². The summed E-state index contributed by atoms with van der Waals surface area (Å²) < 4.78 is 1.70. The second kappa shape index (κ2) is 6.27. The molecule has 0 aliphatic rings. The molecule has 0 spiro atoms. The molecular weight excluding hydrogens is 188 g/mol. The highest BCUT2D eigenvalue weighted by Gasteiger charge is 1.98. The Hall–Kier alpha value is -1.25. The van der Waals surface area contributed by atoms with Crippen LogP contribution in [-0.2, 0) is 6.54 Å². The second-order valence-corrected chi connectivity index (χ2v) is 3.88. The Balaban J connectivity index is 2.38. The van der Waals surface area contributed by atoms with Crippen molar-refractivity contribution in [3.05, 3.63) is 28.7 Å². The van der Waals surface area contributed by atoms with E-state index in [0.717, 1.165) is 13.0 Å². The van der Waals surface area contributed by atoms with Gasteiger partial charge in [-0.25, -0.2) is 0 Å². The van der Waals surface area contributed by atoms with Crippen LogP contribution in [0.15, 0.2) is 23.1 Å². The summed E-state index contributed by atoms with van der Waals surface area (Å²) in [6, 6.07) is 3.47. The highest BCUT2D eigenvalue weighted by molar-refractivity contribution is 5.33. The maximum absolute atomic E-state index is 11.5. The summed E-state index contributed by atoms with van der Waals surface area (Å²) in [5.74, 6) is 0. The molecule has 1 aromatic heterocycles. The highest BCUT2D eigenvalue weighted by Crippen LogP contribution is 2.03. The van der Waals surface area contributed by atoms with E-state index in [1.165, 1.54) is 25.7 Å². The molecule has 3 heteroatoms. The van der Waals surface area contributed by atoms with E-state index in [2.05, 4.69) is 6.92 Å². The second-order valence-electron chi connectivity index (χ2n) is 3.88. The third-order valence-corrected chi connectivity index (χ3v) is 2.55. The maximum atomic E-state index is 11.5. The zero-order valence-electron chi connectivity index (χ0n) is 9.41. The predicted octanol–water partition coefficient (Wildman–Crippen LogP) is 2.40. The molecule has 0 fully saturated rings. The fourth-order valence-corrected chi connectivity index (χ4v) is 1.62. The van der Waals surface area contributed by atoms with Gasteiger partial charge >= 0.3 is 0 Å². The van der Waals surface area contributed by atoms with Crippen molar-refractivity contribution in [3.63, 3.8) is 0 Å². The van der Waals surface area contributed by atoms with Gasteiger partial charge in [0.25, 0.3) is 5.56 Å². The van der Waals surface area contributed by atoms with Gasteiger partial charge in [0.15, 0.2) is 0 Å². The fourth-order valence-electron chi connectivity index (χ4n) is 1.62. The molecule has 0 atom stereocenters. The third kappa shape index (κ3) is 3.78. The topological polar surface area (TPSA) is 48.0 Å². The summed E-state index contributed by atoms with van der Waals surface area (Å²) >= 11 is 0. The van der Waals surface area contributed by atoms with E-state index < -0.39 is 0 Å². The van der Waals surface area contributed by atoms with E-state index in [9.17, 15) is 4.79 Å². The summed E-state index contributed by atoms with van der Waals surface area (Å²) in [6.07, 6.45) is 7.84. The van der Waals surface area contributed by atoms with Crippen LogP contribution in [0.5, 0.6) is 0 Å². The normalized spacial score (nSPS) is 10.5. The van der Waals surface area contributed by atoms with Crippen LogP contribution in [0.25, 0.3) is 0 Å². The number of aryl methyl sites for hydroxylation is 1. The number of unbranched alkanes of at least 4 members (excludes halogenated alkanes) is 4. The number of nitrogens with two attached hydrogens (primary N) is 1. The minimum atomic E-state index is -0.0620. The lowest BCUT2D eigenvalue weighted by Crippen LogP contribution is -2.21. The Labute approximate surface area is 90.9 Å². The Bertz CT molecular complexity index is 344. The molecule has 15 heavy (non-hydrogen) atoms. The molecule has 0 aliphatic heterocycles. The van der Waals surface area contributed by atoms with Crippen LogP contribution >= 0.6 is 0 Å². The van der Waals surface area contributed by atoms with E-state index >= 15 is 0 Å². The molecule has 84 valence electrons. The lowest BCUT2D eigenvalue weighted by atomic mass is 10.1. The lowest BCUT2D eigenvalue weighted by Gasteiger charge is -2.05. The van der Waals surface area contributed by atoms with E-state index in [0.29, 0.717) is 5.69 Å². The first-order valence-electron chi connectivity index (χ1n) is 5.70. The first-order valence-corrected chi connectivity index (χ1v) is 5.70. The van der Waals surface area contributed by atoms with Crippen LogP contribution in [0.3, 0.4) is 0 Å². The van der Waals surface area contributed by atoms with E-state index in [1.807, 2.05) is 6.07 Å². The smallest absolute Gasteiger partial charge is 0.273 e. The number of anilines is 1. The molecule has 2 N–H and O–H groups in total. The van der Waals surface area contributed by atoms with Crippen molar-refractivity contribution in [2.45, 2.75) is 45.6 Å². The van der Waals surface area contributed by atoms with Crippen LogP contribution < -0.4 is 11.3 Å². The van der Waals surface area contributed by atoms with Crippen molar-refractivity contribution in [3.8, 4) is 0 Å². The van der Waals surface area contributed by atoms with Gasteiger partial charge in [0.1, 0.15) is 0 Å². The SMILES string of the molecule is CCCCCCCn1cccc(N)c1=O. The number of hydrogen-bond donors (Lipinski definition) is 1. The lowest BCUT2D eigenvalue weighted by molar-refractivity contribution is 0.559. The predicted molar refractivity (Wildman–Crippen MR) is 63.9 cm³/mol. The largest absolute Gasteiger partial charge is 0.394 e. The molecule has 1 heterocycles. The van der Waals surface area contributed by atoms with Crippen LogP contribution in [0, 0.1) is 0 Å². The van der Waals surface area contributed by atoms with Gasteiger partial charge in [-0.2, -0.15) is 0 Å². The van der Waals surface area contributed by atoms with E-state index in [1.54, 1.807) is 16.8 Å². The standard InChI is InChI=1S/C12H20N2O/c1-2-3-4-5-6-9-14-10-7-8-11(13)12(14)15/h7-8,10H,2-6,9,13H2,1H3. The fraction of sp³-hybridized carbons (Fsp3) is 0.583. The molecule has 0 radical (unpaired) electrons. The highest BCUT2D eigenvalue weighted by atomic mass is 16.1. The monoisotopic (exact) mass is 208 g/mol. The molecule has 0 bridgehead atoms. The summed E-state index contributed by atoms with van der Waals surface area (Å²) in [6.45, 7) is 2.98.